The molecule has 1 unspecified atom stereocenters. The molecule has 1 saturated carbocycles. The minimum atomic E-state index is 0.0127. The highest BCUT2D eigenvalue weighted by atomic mass is 16.5. The third kappa shape index (κ3) is 4.38. The Labute approximate surface area is 127 Å². The van der Waals surface area contributed by atoms with Crippen LogP contribution in [0, 0.1) is 11.8 Å². The van der Waals surface area contributed by atoms with Gasteiger partial charge >= 0.3 is 0 Å². The summed E-state index contributed by atoms with van der Waals surface area (Å²) in [6.45, 7) is 2.00. The Hall–Kier alpha value is -1.71. The molecule has 4 nitrogen and oxygen atoms in total. The van der Waals surface area contributed by atoms with E-state index in [4.69, 9.17) is 10.5 Å². The second-order valence-electron chi connectivity index (χ2n) is 6.08. The topological polar surface area (TPSA) is 64.3 Å². The Kier molecular flexibility index (Phi) is 5.48. The molecule has 0 aliphatic heterocycles. The van der Waals surface area contributed by atoms with E-state index < -0.39 is 0 Å². The fourth-order valence-corrected chi connectivity index (χ4v) is 3.06. The van der Waals surface area contributed by atoms with Crippen LogP contribution in [0.25, 0.3) is 0 Å². The number of anilines is 2. The maximum atomic E-state index is 12.3. The average Bonchev–Trinajstić information content (AvgIpc) is 2.50. The SMILES string of the molecule is COc1ccc(N)c(NC(=O)C(C)CC2CCCCC2)c1. The maximum absolute atomic E-state index is 12.3. The van der Waals surface area contributed by atoms with Crippen molar-refractivity contribution in [2.45, 2.75) is 45.4 Å². The highest BCUT2D eigenvalue weighted by Gasteiger charge is 2.21. The molecule has 0 bridgehead atoms. The lowest BCUT2D eigenvalue weighted by Gasteiger charge is -2.24. The molecule has 0 radical (unpaired) electrons. The van der Waals surface area contributed by atoms with Crippen molar-refractivity contribution < 1.29 is 9.53 Å². The number of hydrogen-bond acceptors (Lipinski definition) is 3. The molecule has 21 heavy (non-hydrogen) atoms. The number of ether oxygens (including phenoxy) is 1. The minimum Gasteiger partial charge on any atom is -0.497 e. The molecule has 1 aromatic carbocycles. The van der Waals surface area contributed by atoms with Crippen LogP contribution in [0.1, 0.15) is 45.4 Å². The van der Waals surface area contributed by atoms with Crippen LogP contribution < -0.4 is 15.8 Å². The van der Waals surface area contributed by atoms with E-state index in [1.807, 2.05) is 6.92 Å². The van der Waals surface area contributed by atoms with Gasteiger partial charge in [-0.1, -0.05) is 39.0 Å². The third-order valence-electron chi connectivity index (χ3n) is 4.38. The van der Waals surface area contributed by atoms with Gasteiger partial charge in [0.1, 0.15) is 5.75 Å². The predicted molar refractivity (Wildman–Crippen MR) is 86.4 cm³/mol. The van der Waals surface area contributed by atoms with Crippen molar-refractivity contribution in [1.29, 1.82) is 0 Å². The summed E-state index contributed by atoms with van der Waals surface area (Å²) < 4.78 is 5.17. The summed E-state index contributed by atoms with van der Waals surface area (Å²) in [4.78, 5) is 12.3. The molecule has 4 heteroatoms. The molecule has 1 aromatic rings. The number of carbonyl (C=O) groups is 1. The zero-order valence-electron chi connectivity index (χ0n) is 13.0. The molecule has 0 aromatic heterocycles. The van der Waals surface area contributed by atoms with Gasteiger partial charge < -0.3 is 15.8 Å². The first-order valence-corrected chi connectivity index (χ1v) is 7.84. The Bertz CT molecular complexity index is 482. The lowest BCUT2D eigenvalue weighted by molar-refractivity contribution is -0.120. The smallest absolute Gasteiger partial charge is 0.227 e. The first-order valence-electron chi connectivity index (χ1n) is 7.84. The normalized spacial score (nSPS) is 17.2. The fourth-order valence-electron chi connectivity index (χ4n) is 3.06. The lowest BCUT2D eigenvalue weighted by Crippen LogP contribution is -2.24. The third-order valence-corrected chi connectivity index (χ3v) is 4.38. The van der Waals surface area contributed by atoms with Gasteiger partial charge in [0, 0.05) is 12.0 Å². The number of methoxy groups -OCH3 is 1. The average molecular weight is 290 g/mol. The van der Waals surface area contributed by atoms with Gasteiger partial charge in [-0.3, -0.25) is 4.79 Å². The predicted octanol–water partition coefficient (Wildman–Crippen LogP) is 3.82. The first kappa shape index (κ1) is 15.7. The van der Waals surface area contributed by atoms with Gasteiger partial charge in [0.2, 0.25) is 5.91 Å². The Balaban J connectivity index is 1.93. The van der Waals surface area contributed by atoms with E-state index in [0.717, 1.165) is 6.42 Å². The van der Waals surface area contributed by atoms with Gasteiger partial charge in [-0.2, -0.15) is 0 Å². The van der Waals surface area contributed by atoms with E-state index in [1.54, 1.807) is 25.3 Å². The molecule has 1 amide bonds. The number of hydrogen-bond donors (Lipinski definition) is 2. The molecule has 0 heterocycles. The number of rotatable bonds is 5. The van der Waals surface area contributed by atoms with Crippen LogP contribution in [0.2, 0.25) is 0 Å². The van der Waals surface area contributed by atoms with Crippen LogP contribution in [0.3, 0.4) is 0 Å². The minimum absolute atomic E-state index is 0.0127. The van der Waals surface area contributed by atoms with E-state index in [2.05, 4.69) is 5.32 Å². The summed E-state index contributed by atoms with van der Waals surface area (Å²) >= 11 is 0. The first-order chi connectivity index (χ1) is 10.1. The zero-order chi connectivity index (χ0) is 15.2. The number of benzene rings is 1. The zero-order valence-corrected chi connectivity index (χ0v) is 13.0. The van der Waals surface area contributed by atoms with Gasteiger partial charge in [0.25, 0.3) is 0 Å². The van der Waals surface area contributed by atoms with E-state index in [9.17, 15) is 4.79 Å². The quantitative estimate of drug-likeness (QED) is 0.810. The fraction of sp³-hybridized carbons (Fsp3) is 0.588. The second kappa shape index (κ2) is 7.34. The molecule has 2 rings (SSSR count). The Morgan fingerprint density at radius 3 is 2.76 bits per heavy atom. The molecule has 1 aliphatic carbocycles. The van der Waals surface area contributed by atoms with Crippen molar-refractivity contribution in [2.75, 3.05) is 18.2 Å². The molecular weight excluding hydrogens is 264 g/mol. The molecule has 116 valence electrons. The van der Waals surface area contributed by atoms with Crippen LogP contribution in [0.4, 0.5) is 11.4 Å². The van der Waals surface area contributed by atoms with E-state index in [1.165, 1.54) is 32.1 Å². The summed E-state index contributed by atoms with van der Waals surface area (Å²) in [6, 6.07) is 5.30. The second-order valence-corrected chi connectivity index (χ2v) is 6.08. The van der Waals surface area contributed by atoms with Gasteiger partial charge in [0.05, 0.1) is 18.5 Å². The highest BCUT2D eigenvalue weighted by molar-refractivity contribution is 5.95. The van der Waals surface area contributed by atoms with Gasteiger partial charge in [0.15, 0.2) is 0 Å². The van der Waals surface area contributed by atoms with Gasteiger partial charge in [-0.15, -0.1) is 0 Å². The van der Waals surface area contributed by atoms with Crippen molar-refractivity contribution in [1.82, 2.24) is 0 Å². The number of carbonyl (C=O) groups excluding carboxylic acids is 1. The molecular formula is C17H26N2O2. The summed E-state index contributed by atoms with van der Waals surface area (Å²) in [5, 5.41) is 2.93. The summed E-state index contributed by atoms with van der Waals surface area (Å²) in [7, 11) is 1.60. The van der Waals surface area contributed by atoms with Gasteiger partial charge in [-0.25, -0.2) is 0 Å². The maximum Gasteiger partial charge on any atom is 0.227 e. The highest BCUT2D eigenvalue weighted by Crippen LogP contribution is 2.30. The van der Waals surface area contributed by atoms with Gasteiger partial charge in [-0.05, 0) is 24.5 Å². The molecule has 3 N–H and O–H groups in total. The van der Waals surface area contributed by atoms with Crippen LogP contribution in [-0.4, -0.2) is 13.0 Å². The van der Waals surface area contributed by atoms with Crippen molar-refractivity contribution in [3.63, 3.8) is 0 Å². The van der Waals surface area contributed by atoms with Crippen molar-refractivity contribution in [2.24, 2.45) is 11.8 Å². The number of nitrogens with two attached hydrogens (primary N) is 1. The van der Waals surface area contributed by atoms with Crippen LogP contribution in [0.15, 0.2) is 18.2 Å². The van der Waals surface area contributed by atoms with E-state index in [0.29, 0.717) is 23.0 Å². The number of amides is 1. The molecule has 1 aliphatic rings. The summed E-state index contributed by atoms with van der Waals surface area (Å²) in [5.41, 5.74) is 7.10. The van der Waals surface area contributed by atoms with Crippen molar-refractivity contribution in [3.8, 4) is 5.75 Å². The van der Waals surface area contributed by atoms with Crippen molar-refractivity contribution in [3.05, 3.63) is 18.2 Å². The van der Waals surface area contributed by atoms with E-state index >= 15 is 0 Å². The van der Waals surface area contributed by atoms with E-state index in [-0.39, 0.29) is 11.8 Å². The van der Waals surface area contributed by atoms with Crippen molar-refractivity contribution >= 4 is 17.3 Å². The Morgan fingerprint density at radius 1 is 1.38 bits per heavy atom. The van der Waals surface area contributed by atoms with Crippen LogP contribution in [-0.2, 0) is 4.79 Å². The summed E-state index contributed by atoms with van der Waals surface area (Å²) in [5.74, 6) is 1.45. The molecule has 0 saturated heterocycles. The standard InChI is InChI=1S/C17H26N2O2/c1-12(10-13-6-4-3-5-7-13)17(20)19-16-11-14(21-2)8-9-15(16)18/h8-9,11-13H,3-7,10,18H2,1-2H3,(H,19,20). The monoisotopic (exact) mass is 290 g/mol. The van der Waals surface area contributed by atoms with Crippen LogP contribution >= 0.6 is 0 Å². The Morgan fingerprint density at radius 2 is 2.10 bits per heavy atom. The molecule has 1 fully saturated rings. The van der Waals surface area contributed by atoms with Crippen LogP contribution in [0.5, 0.6) is 5.75 Å². The summed E-state index contributed by atoms with van der Waals surface area (Å²) in [6.07, 6.45) is 7.45. The largest absolute Gasteiger partial charge is 0.497 e. The number of nitrogen functional groups attached to an aromatic ring is 1. The lowest BCUT2D eigenvalue weighted by atomic mass is 9.83. The number of nitrogens with one attached hydrogen (secondary N) is 1. The molecule has 0 spiro atoms. The molecule has 1 atom stereocenters.